The zero-order valence-corrected chi connectivity index (χ0v) is 7.82. The number of hydrogen-bond donors (Lipinski definition) is 0. The van der Waals surface area contributed by atoms with Crippen molar-refractivity contribution in [1.29, 1.82) is 0 Å². The first kappa shape index (κ1) is 22.8. The topological polar surface area (TPSA) is 199 Å². The summed E-state index contributed by atoms with van der Waals surface area (Å²) in [5.74, 6) is 0. The van der Waals surface area contributed by atoms with Gasteiger partial charge in [-0.1, -0.05) is 0 Å². The molecular weight excluding hydrogens is 338 g/mol. The summed E-state index contributed by atoms with van der Waals surface area (Å²) in [6.45, 7) is 0. The number of rotatable bonds is 0. The molecule has 0 heterocycles. The molecule has 0 bridgehead atoms. The van der Waals surface area contributed by atoms with Crippen molar-refractivity contribution in [3.8, 4) is 0 Å². The molecule has 0 saturated carbocycles. The number of hydrogen-bond acceptors (Lipinski definition) is 9. The molecule has 76 valence electrons. The molecule has 12 nitrogen and oxygen atoms in total. The second-order valence-electron chi connectivity index (χ2n) is 0.671. The molecule has 0 aliphatic heterocycles. The fraction of sp³-hybridized carbons (Fsp3) is 0. The second kappa shape index (κ2) is 17.3. The summed E-state index contributed by atoms with van der Waals surface area (Å²) in [5.41, 5.74) is 0. The fourth-order valence-corrected chi connectivity index (χ4v) is 0. The summed E-state index contributed by atoms with van der Waals surface area (Å²) in [7, 11) is 0. The van der Waals surface area contributed by atoms with Gasteiger partial charge in [0.05, 0.1) is 15.3 Å². The molecule has 0 amide bonds. The van der Waals surface area contributed by atoms with Gasteiger partial charge in [0.2, 0.25) is 0 Å². The van der Waals surface area contributed by atoms with Crippen molar-refractivity contribution in [3.63, 3.8) is 0 Å². The molecule has 0 aromatic carbocycles. The Kier molecular flexibility index (Phi) is 30.3. The minimum atomic E-state index is -1.75. The van der Waals surface area contributed by atoms with Crippen molar-refractivity contribution in [2.75, 3.05) is 0 Å². The van der Waals surface area contributed by atoms with Gasteiger partial charge in [0.15, 0.2) is 0 Å². The fourth-order valence-electron chi connectivity index (χ4n) is 0. The van der Waals surface area contributed by atoms with Crippen LogP contribution in [0.4, 0.5) is 0 Å². The third kappa shape index (κ3) is 1420. The van der Waals surface area contributed by atoms with Crippen LogP contribution in [-0.4, -0.2) is 15.3 Å². The Balaban J connectivity index is -0.0000000450. The molecule has 0 N–H and O–H groups in total. The largest absolute Gasteiger partial charge is 3.00 e. The van der Waals surface area contributed by atoms with Gasteiger partial charge in [-0.25, -0.2) is 0 Å². The Bertz CT molecular complexity index is 112. The van der Waals surface area contributed by atoms with E-state index < -0.39 is 15.3 Å². The standard InChI is InChI=1S/Eu.3NO3/c;3*2-1(3)4/q+3;3*-1. The van der Waals surface area contributed by atoms with Crippen LogP contribution in [0.25, 0.3) is 0 Å². The first-order valence-corrected chi connectivity index (χ1v) is 1.64. The quantitative estimate of drug-likeness (QED) is 0.404. The van der Waals surface area contributed by atoms with E-state index in [9.17, 15) is 0 Å². The molecule has 0 aromatic rings. The van der Waals surface area contributed by atoms with Gasteiger partial charge < -0.3 is 46.0 Å². The van der Waals surface area contributed by atoms with E-state index in [2.05, 4.69) is 0 Å². The van der Waals surface area contributed by atoms with Crippen LogP contribution in [0, 0.1) is 95.3 Å². The summed E-state index contributed by atoms with van der Waals surface area (Å²) in [4.78, 5) is 24.8. The van der Waals surface area contributed by atoms with Crippen molar-refractivity contribution in [2.24, 2.45) is 0 Å². The maximum absolute atomic E-state index is 8.25. The van der Waals surface area contributed by atoms with E-state index in [1.54, 1.807) is 0 Å². The zero-order valence-electron chi connectivity index (χ0n) is 5.39. The van der Waals surface area contributed by atoms with Crippen molar-refractivity contribution >= 4 is 0 Å². The second-order valence-corrected chi connectivity index (χ2v) is 0.671. The van der Waals surface area contributed by atoms with E-state index in [-0.39, 0.29) is 49.4 Å². The van der Waals surface area contributed by atoms with Gasteiger partial charge in [0, 0.05) is 0 Å². The Morgan fingerprint density at radius 3 is 0.538 bits per heavy atom. The normalized spacial score (nSPS) is 5.54. The molecule has 0 aromatic heterocycles. The SMILES string of the molecule is O=[N+]([O-])[O-].O=[N+]([O-])[O-].O=[N+]([O-])[O-].[Eu+3]. The van der Waals surface area contributed by atoms with Crippen LogP contribution < -0.4 is 0 Å². The molecule has 13 heavy (non-hydrogen) atoms. The Morgan fingerprint density at radius 1 is 0.538 bits per heavy atom. The summed E-state index contributed by atoms with van der Waals surface area (Å²) in [6, 6.07) is 0. The Hall–Kier alpha value is -0.816. The molecule has 0 spiro atoms. The van der Waals surface area contributed by atoms with E-state index in [0.29, 0.717) is 0 Å². The molecule has 0 fully saturated rings. The maximum atomic E-state index is 8.25. The molecule has 0 unspecified atom stereocenters. The molecule has 13 heteroatoms. The van der Waals surface area contributed by atoms with Crippen molar-refractivity contribution in [3.05, 3.63) is 46.0 Å². The van der Waals surface area contributed by atoms with Gasteiger partial charge in [-0.05, 0) is 0 Å². The van der Waals surface area contributed by atoms with Crippen LogP contribution in [0.3, 0.4) is 0 Å². The van der Waals surface area contributed by atoms with E-state index in [1.807, 2.05) is 0 Å². The van der Waals surface area contributed by atoms with Gasteiger partial charge in [0.25, 0.3) is 0 Å². The first-order chi connectivity index (χ1) is 5.20. The molecule has 0 rings (SSSR count). The van der Waals surface area contributed by atoms with Gasteiger partial charge in [-0.3, -0.25) is 0 Å². The van der Waals surface area contributed by atoms with Crippen LogP contribution in [0.1, 0.15) is 0 Å². The Labute approximate surface area is 110 Å². The molecule has 0 aliphatic carbocycles. The predicted molar refractivity (Wildman–Crippen MR) is 31.1 cm³/mol. The van der Waals surface area contributed by atoms with Crippen LogP contribution >= 0.6 is 0 Å². The monoisotopic (exact) mass is 339 g/mol. The molecule has 0 saturated heterocycles. The molecule has 0 atom stereocenters. The van der Waals surface area contributed by atoms with E-state index >= 15 is 0 Å². The van der Waals surface area contributed by atoms with Crippen LogP contribution in [0.15, 0.2) is 0 Å². The third-order valence-corrected chi connectivity index (χ3v) is 0. The first-order valence-electron chi connectivity index (χ1n) is 1.64. The summed E-state index contributed by atoms with van der Waals surface area (Å²) < 4.78 is 0. The summed E-state index contributed by atoms with van der Waals surface area (Å²) in [5, 5.41) is 44.2. The third-order valence-electron chi connectivity index (χ3n) is 0. The van der Waals surface area contributed by atoms with E-state index in [4.69, 9.17) is 46.0 Å². The van der Waals surface area contributed by atoms with Gasteiger partial charge in [-0.15, -0.1) is 0 Å². The zero-order chi connectivity index (χ0) is 10.7. The van der Waals surface area contributed by atoms with Crippen molar-refractivity contribution in [2.45, 2.75) is 0 Å². The maximum Gasteiger partial charge on any atom is 3.00 e. The summed E-state index contributed by atoms with van der Waals surface area (Å²) >= 11 is 0. The average Bonchev–Trinajstić information content (AvgIpc) is 1.54. The molecular formula is EuN3O9. The Morgan fingerprint density at radius 2 is 0.538 bits per heavy atom. The van der Waals surface area contributed by atoms with Gasteiger partial charge >= 0.3 is 49.4 Å². The van der Waals surface area contributed by atoms with E-state index in [0.717, 1.165) is 0 Å². The minimum absolute atomic E-state index is 0. The van der Waals surface area contributed by atoms with E-state index in [1.165, 1.54) is 0 Å². The molecule has 0 aliphatic rings. The van der Waals surface area contributed by atoms with Gasteiger partial charge in [0.1, 0.15) is 0 Å². The van der Waals surface area contributed by atoms with Gasteiger partial charge in [-0.2, -0.15) is 0 Å². The minimum Gasteiger partial charge on any atom is -0.356 e. The van der Waals surface area contributed by atoms with Crippen LogP contribution in [0.2, 0.25) is 0 Å². The molecule has 0 radical (unpaired) electrons. The predicted octanol–water partition coefficient (Wildman–Crippen LogP) is -0.717. The van der Waals surface area contributed by atoms with Crippen molar-refractivity contribution in [1.82, 2.24) is 0 Å². The smallest absolute Gasteiger partial charge is 0.356 e. The van der Waals surface area contributed by atoms with Crippen molar-refractivity contribution < 1.29 is 64.6 Å². The number of nitrogens with zero attached hydrogens (tertiary/aromatic N) is 3. The van der Waals surface area contributed by atoms with Crippen LogP contribution in [-0.2, 0) is 0 Å². The average molecular weight is 338 g/mol. The van der Waals surface area contributed by atoms with Crippen LogP contribution in [0.5, 0.6) is 0 Å². The summed E-state index contributed by atoms with van der Waals surface area (Å²) in [6.07, 6.45) is 0.